The first-order chi connectivity index (χ1) is 8.81. The van der Waals surface area contributed by atoms with Gasteiger partial charge in [0.05, 0.1) is 13.2 Å². The van der Waals surface area contributed by atoms with Gasteiger partial charge in [0.2, 0.25) is 0 Å². The molecule has 0 aliphatic rings. The van der Waals surface area contributed by atoms with E-state index in [2.05, 4.69) is 10.6 Å². The molecule has 0 aromatic carbocycles. The molecule has 6 heteroatoms. The molecule has 0 saturated carbocycles. The highest BCUT2D eigenvalue weighted by Crippen LogP contribution is 1.89. The standard InChI is InChI=1S/C12H26N2O3S/c1-15-8-5-7-14-12(18)13-6-3-4-9-17-11-10-16-2/h3-11H2,1-2H3,(H2,13,14,18). The molecule has 0 aromatic rings. The molecule has 0 radical (unpaired) electrons. The van der Waals surface area contributed by atoms with Gasteiger partial charge in [0.1, 0.15) is 0 Å². The Kier molecular flexibility index (Phi) is 14.3. The lowest BCUT2D eigenvalue weighted by Crippen LogP contribution is -2.36. The molecule has 2 N–H and O–H groups in total. The summed E-state index contributed by atoms with van der Waals surface area (Å²) in [5, 5.41) is 7.00. The number of nitrogens with one attached hydrogen (secondary N) is 2. The summed E-state index contributed by atoms with van der Waals surface area (Å²) in [4.78, 5) is 0. The third-order valence-corrected chi connectivity index (χ3v) is 2.53. The largest absolute Gasteiger partial charge is 0.385 e. The summed E-state index contributed by atoms with van der Waals surface area (Å²) in [7, 11) is 3.37. The molecule has 108 valence electrons. The molecule has 0 amide bonds. The minimum Gasteiger partial charge on any atom is -0.385 e. The van der Waals surface area contributed by atoms with Gasteiger partial charge >= 0.3 is 0 Å². The van der Waals surface area contributed by atoms with Crippen LogP contribution in [0.15, 0.2) is 0 Å². The maximum atomic E-state index is 5.36. The quantitative estimate of drug-likeness (QED) is 0.409. The molecule has 18 heavy (non-hydrogen) atoms. The van der Waals surface area contributed by atoms with Crippen LogP contribution in [0, 0.1) is 0 Å². The van der Waals surface area contributed by atoms with Gasteiger partial charge in [0.15, 0.2) is 5.11 Å². The zero-order valence-electron chi connectivity index (χ0n) is 11.5. The second-order valence-electron chi connectivity index (χ2n) is 3.84. The predicted octanol–water partition coefficient (Wildman–Crippen LogP) is 0.930. The van der Waals surface area contributed by atoms with Gasteiger partial charge in [0.25, 0.3) is 0 Å². The SMILES string of the molecule is COCCCNC(=S)NCCCCOCCOC. The predicted molar refractivity (Wildman–Crippen MR) is 77.0 cm³/mol. The highest BCUT2D eigenvalue weighted by molar-refractivity contribution is 7.80. The van der Waals surface area contributed by atoms with E-state index in [0.717, 1.165) is 45.6 Å². The van der Waals surface area contributed by atoms with Gasteiger partial charge in [-0.3, -0.25) is 0 Å². The van der Waals surface area contributed by atoms with Crippen molar-refractivity contribution in [3.05, 3.63) is 0 Å². The summed E-state index contributed by atoms with van der Waals surface area (Å²) < 4.78 is 15.2. The lowest BCUT2D eigenvalue weighted by atomic mass is 10.3. The van der Waals surface area contributed by atoms with Crippen LogP contribution in [0.1, 0.15) is 19.3 Å². The third kappa shape index (κ3) is 13.6. The topological polar surface area (TPSA) is 51.8 Å². The number of thiocarbonyl (C=S) groups is 1. The number of ether oxygens (including phenoxy) is 3. The summed E-state index contributed by atoms with van der Waals surface area (Å²) in [5.74, 6) is 0. The third-order valence-electron chi connectivity index (χ3n) is 2.24. The maximum absolute atomic E-state index is 5.36. The average molecular weight is 278 g/mol. The summed E-state index contributed by atoms with van der Waals surface area (Å²) in [6.45, 7) is 4.59. The van der Waals surface area contributed by atoms with Gasteiger partial charge in [-0.1, -0.05) is 0 Å². The molecule has 0 bridgehead atoms. The van der Waals surface area contributed by atoms with Crippen molar-refractivity contribution in [3.63, 3.8) is 0 Å². The summed E-state index contributed by atoms with van der Waals surface area (Å²) >= 11 is 5.13. The second kappa shape index (κ2) is 14.6. The number of unbranched alkanes of at least 4 members (excludes halogenated alkanes) is 1. The average Bonchev–Trinajstić information content (AvgIpc) is 2.38. The van der Waals surface area contributed by atoms with Crippen LogP contribution in [0.3, 0.4) is 0 Å². The molecule has 0 fully saturated rings. The van der Waals surface area contributed by atoms with E-state index in [0.29, 0.717) is 18.3 Å². The van der Waals surface area contributed by atoms with Crippen molar-refractivity contribution in [1.29, 1.82) is 0 Å². The second-order valence-corrected chi connectivity index (χ2v) is 4.25. The van der Waals surface area contributed by atoms with E-state index in [1.807, 2.05) is 0 Å². The van der Waals surface area contributed by atoms with Crippen molar-refractivity contribution in [2.75, 3.05) is 53.7 Å². The van der Waals surface area contributed by atoms with E-state index in [4.69, 9.17) is 26.4 Å². The Hall–Kier alpha value is -0.430. The fourth-order valence-corrected chi connectivity index (χ4v) is 1.46. The van der Waals surface area contributed by atoms with Crippen LogP contribution in [-0.4, -0.2) is 58.8 Å². The van der Waals surface area contributed by atoms with Gasteiger partial charge in [-0.05, 0) is 31.5 Å². The van der Waals surface area contributed by atoms with Crippen LogP contribution < -0.4 is 10.6 Å². The van der Waals surface area contributed by atoms with E-state index in [9.17, 15) is 0 Å². The monoisotopic (exact) mass is 278 g/mol. The van der Waals surface area contributed by atoms with Crippen molar-refractivity contribution in [2.45, 2.75) is 19.3 Å². The molecule has 0 aliphatic heterocycles. The number of rotatable bonds is 12. The molecule has 0 heterocycles. The lowest BCUT2D eigenvalue weighted by Gasteiger charge is -2.10. The minimum atomic E-state index is 0.660. The fraction of sp³-hybridized carbons (Fsp3) is 0.917. The molecule has 0 aromatic heterocycles. The maximum Gasteiger partial charge on any atom is 0.166 e. The van der Waals surface area contributed by atoms with Gasteiger partial charge in [0, 0.05) is 40.5 Å². The molecule has 0 saturated heterocycles. The van der Waals surface area contributed by atoms with Crippen LogP contribution in [0.2, 0.25) is 0 Å². The van der Waals surface area contributed by atoms with Crippen LogP contribution in [0.25, 0.3) is 0 Å². The van der Waals surface area contributed by atoms with Gasteiger partial charge in [-0.2, -0.15) is 0 Å². The van der Waals surface area contributed by atoms with E-state index in [-0.39, 0.29) is 0 Å². The number of methoxy groups -OCH3 is 2. The molecule has 0 spiro atoms. The first kappa shape index (κ1) is 17.6. The number of hydrogen-bond acceptors (Lipinski definition) is 4. The molecule has 5 nitrogen and oxygen atoms in total. The Labute approximate surface area is 116 Å². The van der Waals surface area contributed by atoms with Crippen LogP contribution >= 0.6 is 12.2 Å². The lowest BCUT2D eigenvalue weighted by molar-refractivity contribution is 0.0689. The van der Waals surface area contributed by atoms with E-state index in [1.165, 1.54) is 0 Å². The zero-order chi connectivity index (χ0) is 13.5. The van der Waals surface area contributed by atoms with E-state index >= 15 is 0 Å². The van der Waals surface area contributed by atoms with Crippen LogP contribution in [-0.2, 0) is 14.2 Å². The molecular formula is C12H26N2O3S. The Morgan fingerprint density at radius 3 is 2.17 bits per heavy atom. The Morgan fingerprint density at radius 2 is 1.50 bits per heavy atom. The smallest absolute Gasteiger partial charge is 0.166 e. The normalized spacial score (nSPS) is 10.3. The minimum absolute atomic E-state index is 0.660. The molecule has 0 atom stereocenters. The number of hydrogen-bond donors (Lipinski definition) is 2. The Morgan fingerprint density at radius 1 is 0.833 bits per heavy atom. The summed E-state index contributed by atoms with van der Waals surface area (Å²) in [6, 6.07) is 0. The molecular weight excluding hydrogens is 252 g/mol. The molecule has 0 unspecified atom stereocenters. The van der Waals surface area contributed by atoms with Crippen LogP contribution in [0.5, 0.6) is 0 Å². The van der Waals surface area contributed by atoms with Crippen molar-refractivity contribution < 1.29 is 14.2 Å². The van der Waals surface area contributed by atoms with Crippen molar-refractivity contribution in [3.8, 4) is 0 Å². The van der Waals surface area contributed by atoms with Crippen molar-refractivity contribution >= 4 is 17.3 Å². The first-order valence-electron chi connectivity index (χ1n) is 6.38. The Balaban J connectivity index is 3.10. The van der Waals surface area contributed by atoms with Gasteiger partial charge in [-0.25, -0.2) is 0 Å². The molecule has 0 rings (SSSR count). The highest BCUT2D eigenvalue weighted by atomic mass is 32.1. The van der Waals surface area contributed by atoms with Crippen molar-refractivity contribution in [2.24, 2.45) is 0 Å². The van der Waals surface area contributed by atoms with Crippen LogP contribution in [0.4, 0.5) is 0 Å². The fourth-order valence-electron chi connectivity index (χ4n) is 1.26. The highest BCUT2D eigenvalue weighted by Gasteiger charge is 1.95. The van der Waals surface area contributed by atoms with Gasteiger partial charge < -0.3 is 24.8 Å². The van der Waals surface area contributed by atoms with Crippen molar-refractivity contribution in [1.82, 2.24) is 10.6 Å². The summed E-state index contributed by atoms with van der Waals surface area (Å²) in [6.07, 6.45) is 3.04. The first-order valence-corrected chi connectivity index (χ1v) is 6.79. The Bertz CT molecular complexity index is 194. The van der Waals surface area contributed by atoms with Gasteiger partial charge in [-0.15, -0.1) is 0 Å². The zero-order valence-corrected chi connectivity index (χ0v) is 12.3. The van der Waals surface area contributed by atoms with E-state index < -0.39 is 0 Å². The molecule has 0 aliphatic carbocycles. The summed E-state index contributed by atoms with van der Waals surface area (Å²) in [5.41, 5.74) is 0. The van der Waals surface area contributed by atoms with E-state index in [1.54, 1.807) is 14.2 Å².